The minimum Gasteiger partial charge on any atom is -0.494 e. The molecule has 0 radical (unpaired) electrons. The van der Waals surface area contributed by atoms with Crippen molar-refractivity contribution in [1.29, 1.82) is 0 Å². The van der Waals surface area contributed by atoms with E-state index in [0.29, 0.717) is 47.4 Å². The Morgan fingerprint density at radius 3 is 2.56 bits per heavy atom. The van der Waals surface area contributed by atoms with Gasteiger partial charge in [0.25, 0.3) is 0 Å². The molecule has 2 aliphatic heterocycles. The summed E-state index contributed by atoms with van der Waals surface area (Å²) in [5, 5.41) is 7.70. The normalized spacial score (nSPS) is 16.5. The van der Waals surface area contributed by atoms with Gasteiger partial charge in [-0.3, -0.25) is 9.63 Å². The maximum Gasteiger partial charge on any atom is 0.247 e. The summed E-state index contributed by atoms with van der Waals surface area (Å²) in [6.45, 7) is 7.19. The zero-order valence-corrected chi connectivity index (χ0v) is 26.4. The molecule has 48 heavy (non-hydrogen) atoms. The molecule has 0 saturated carbocycles. The molecule has 2 N–H and O–H groups in total. The summed E-state index contributed by atoms with van der Waals surface area (Å²) in [6, 6.07) is 11.6. The van der Waals surface area contributed by atoms with Gasteiger partial charge < -0.3 is 29.9 Å². The lowest BCUT2D eigenvalue weighted by Gasteiger charge is -2.35. The Labute approximate surface area is 275 Å². The Hall–Kier alpha value is -5.34. The number of piperazine rings is 1. The highest BCUT2D eigenvalue weighted by molar-refractivity contribution is 6.02. The van der Waals surface area contributed by atoms with E-state index in [9.17, 15) is 18.0 Å². The molecule has 1 aromatic heterocycles. The second kappa shape index (κ2) is 14.2. The number of aromatic nitrogens is 2. The topological polar surface area (TPSA) is 104 Å². The minimum atomic E-state index is -0.783. The summed E-state index contributed by atoms with van der Waals surface area (Å²) < 4.78 is 54.0. The van der Waals surface area contributed by atoms with Gasteiger partial charge in [0.2, 0.25) is 5.91 Å². The first-order valence-electron chi connectivity index (χ1n) is 15.2. The van der Waals surface area contributed by atoms with E-state index < -0.39 is 23.5 Å². The van der Waals surface area contributed by atoms with Crippen molar-refractivity contribution in [1.82, 2.24) is 14.9 Å². The predicted octanol–water partition coefficient (Wildman–Crippen LogP) is 6.20. The number of nitrogens with one attached hydrogen (secondary N) is 2. The molecule has 14 heteroatoms. The third-order valence-corrected chi connectivity index (χ3v) is 8.05. The Morgan fingerprint density at radius 1 is 0.979 bits per heavy atom. The smallest absolute Gasteiger partial charge is 0.247 e. The molecule has 0 aliphatic carbocycles. The molecule has 0 spiro atoms. The van der Waals surface area contributed by atoms with Gasteiger partial charge in [0.1, 0.15) is 35.3 Å². The lowest BCUT2D eigenvalue weighted by atomic mass is 10.0. The van der Waals surface area contributed by atoms with Crippen molar-refractivity contribution in [3.05, 3.63) is 96.6 Å². The van der Waals surface area contributed by atoms with Crippen LogP contribution in [0.5, 0.6) is 17.2 Å². The molecule has 4 aromatic rings. The molecule has 2 fully saturated rings. The van der Waals surface area contributed by atoms with Gasteiger partial charge in [0, 0.05) is 56.9 Å². The second-order valence-corrected chi connectivity index (χ2v) is 11.3. The molecular formula is C34H34F3N7O4. The van der Waals surface area contributed by atoms with Crippen LogP contribution in [0.2, 0.25) is 0 Å². The predicted molar refractivity (Wildman–Crippen MR) is 175 cm³/mol. The van der Waals surface area contributed by atoms with Crippen LogP contribution in [0.4, 0.5) is 41.9 Å². The van der Waals surface area contributed by atoms with Crippen molar-refractivity contribution in [2.75, 3.05) is 67.5 Å². The van der Waals surface area contributed by atoms with Crippen LogP contribution in [0.3, 0.4) is 0 Å². The Bertz CT molecular complexity index is 1820. The van der Waals surface area contributed by atoms with Crippen LogP contribution >= 0.6 is 0 Å². The number of hydroxylamine groups is 1. The number of ether oxygens (including phenoxy) is 2. The number of anilines is 5. The molecule has 11 nitrogen and oxygen atoms in total. The van der Waals surface area contributed by atoms with Gasteiger partial charge in [-0.1, -0.05) is 6.58 Å². The average molecular weight is 662 g/mol. The van der Waals surface area contributed by atoms with E-state index in [2.05, 4.69) is 44.0 Å². The fourth-order valence-corrected chi connectivity index (χ4v) is 5.62. The standard InChI is InChI=1S/C34H34F3N7O4/c1-4-34(45)41-26-17-27(31(46-3)18-29(26)43-10-8-42(2)9-11-43)40-32-19-33(39-20-38-32)44-28(7-12-47-44)21-13-23(36)15-24(14-21)48-30-16-22(35)5-6-25(30)37/h4-6,13-20,28H,1,7-12H2,2-3H3,(H,41,45)(H,38,39,40). The summed E-state index contributed by atoms with van der Waals surface area (Å²) in [4.78, 5) is 31.5. The second-order valence-electron chi connectivity index (χ2n) is 11.3. The van der Waals surface area contributed by atoms with Crippen LogP contribution in [0, 0.1) is 17.5 Å². The number of benzene rings is 3. The first-order chi connectivity index (χ1) is 23.2. The first-order valence-corrected chi connectivity index (χ1v) is 15.2. The number of hydrogen-bond acceptors (Lipinski definition) is 10. The first kappa shape index (κ1) is 32.6. The Morgan fingerprint density at radius 2 is 1.79 bits per heavy atom. The van der Waals surface area contributed by atoms with Gasteiger partial charge in [0.15, 0.2) is 17.4 Å². The highest BCUT2D eigenvalue weighted by Crippen LogP contribution is 2.40. The van der Waals surface area contributed by atoms with E-state index in [-0.39, 0.29) is 17.4 Å². The molecule has 3 heterocycles. The minimum absolute atomic E-state index is 0.00198. The number of amides is 1. The van der Waals surface area contributed by atoms with E-state index in [1.165, 1.54) is 23.5 Å². The van der Waals surface area contributed by atoms with Gasteiger partial charge in [-0.2, -0.15) is 0 Å². The largest absolute Gasteiger partial charge is 0.494 e. The van der Waals surface area contributed by atoms with E-state index in [1.54, 1.807) is 25.3 Å². The lowest BCUT2D eigenvalue weighted by molar-refractivity contribution is -0.111. The molecular weight excluding hydrogens is 627 g/mol. The fourth-order valence-electron chi connectivity index (χ4n) is 5.62. The van der Waals surface area contributed by atoms with Crippen molar-refractivity contribution in [3.63, 3.8) is 0 Å². The zero-order valence-electron chi connectivity index (χ0n) is 26.4. The highest BCUT2D eigenvalue weighted by atomic mass is 19.1. The Balaban J connectivity index is 1.26. The summed E-state index contributed by atoms with van der Waals surface area (Å²) >= 11 is 0. The monoisotopic (exact) mass is 661 g/mol. The van der Waals surface area contributed by atoms with Crippen molar-refractivity contribution >= 4 is 34.6 Å². The van der Waals surface area contributed by atoms with Crippen molar-refractivity contribution in [2.45, 2.75) is 12.5 Å². The molecule has 6 rings (SSSR count). The zero-order chi connectivity index (χ0) is 33.8. The molecule has 2 aliphatic rings. The maximum absolute atomic E-state index is 14.8. The molecule has 1 unspecified atom stereocenters. The van der Waals surface area contributed by atoms with E-state index in [0.717, 1.165) is 56.1 Å². The molecule has 3 aromatic carbocycles. The molecule has 250 valence electrons. The van der Waals surface area contributed by atoms with Gasteiger partial charge in [-0.25, -0.2) is 28.2 Å². The number of carbonyl (C=O) groups is 1. The number of nitrogens with zero attached hydrogens (tertiary/aromatic N) is 5. The summed E-state index contributed by atoms with van der Waals surface area (Å²) in [6.07, 6.45) is 3.05. The van der Waals surface area contributed by atoms with Crippen LogP contribution in [0.25, 0.3) is 0 Å². The number of carbonyl (C=O) groups excluding carboxylic acids is 1. The third kappa shape index (κ3) is 7.29. The molecule has 2 saturated heterocycles. The van der Waals surface area contributed by atoms with Gasteiger partial charge >= 0.3 is 0 Å². The highest BCUT2D eigenvalue weighted by Gasteiger charge is 2.30. The summed E-state index contributed by atoms with van der Waals surface area (Å²) in [5.74, 6) is -1.51. The number of rotatable bonds is 10. The molecule has 0 bridgehead atoms. The Kier molecular flexibility index (Phi) is 9.64. The SMILES string of the molecule is C=CC(=O)Nc1cc(Nc2cc(N3OCCC3c3cc(F)cc(Oc4cc(F)ccc4F)c3)ncn2)c(OC)cc1N1CCN(C)CC1. The average Bonchev–Trinajstić information content (AvgIpc) is 3.57. The number of halogens is 3. The number of likely N-dealkylation sites (N-methyl/N-ethyl adjacent to an activating group) is 1. The quantitative estimate of drug-likeness (QED) is 0.191. The molecule has 1 amide bonds. The van der Waals surface area contributed by atoms with E-state index in [4.69, 9.17) is 14.3 Å². The number of hydrogen-bond donors (Lipinski definition) is 2. The van der Waals surface area contributed by atoms with E-state index in [1.807, 2.05) is 6.07 Å². The van der Waals surface area contributed by atoms with Crippen molar-refractivity contribution in [2.24, 2.45) is 0 Å². The molecule has 1 atom stereocenters. The maximum atomic E-state index is 14.8. The van der Waals surface area contributed by atoms with Crippen LogP contribution in [0.1, 0.15) is 18.0 Å². The van der Waals surface area contributed by atoms with Gasteiger partial charge in [0.05, 0.1) is 36.8 Å². The summed E-state index contributed by atoms with van der Waals surface area (Å²) in [5.41, 5.74) is 2.41. The van der Waals surface area contributed by atoms with Gasteiger partial charge in [-0.05, 0) is 49.0 Å². The lowest BCUT2D eigenvalue weighted by Crippen LogP contribution is -2.44. The van der Waals surface area contributed by atoms with E-state index >= 15 is 0 Å². The number of methoxy groups -OCH3 is 1. The summed E-state index contributed by atoms with van der Waals surface area (Å²) in [7, 11) is 3.63. The van der Waals surface area contributed by atoms with Crippen LogP contribution in [0.15, 0.2) is 73.6 Å². The van der Waals surface area contributed by atoms with Crippen molar-refractivity contribution < 1.29 is 32.3 Å². The fraction of sp³-hybridized carbons (Fsp3) is 0.265. The van der Waals surface area contributed by atoms with Crippen molar-refractivity contribution in [3.8, 4) is 17.2 Å². The van der Waals surface area contributed by atoms with Gasteiger partial charge in [-0.15, -0.1) is 0 Å². The van der Waals surface area contributed by atoms with Crippen LogP contribution < -0.4 is 30.1 Å². The third-order valence-electron chi connectivity index (χ3n) is 8.05. The van der Waals surface area contributed by atoms with Crippen LogP contribution in [-0.2, 0) is 9.63 Å². The van der Waals surface area contributed by atoms with Crippen LogP contribution in [-0.4, -0.2) is 67.7 Å².